The van der Waals surface area contributed by atoms with Crippen molar-refractivity contribution in [2.45, 2.75) is 74.6 Å². The molecule has 5 nitrogen and oxygen atoms in total. The van der Waals surface area contributed by atoms with E-state index in [1.54, 1.807) is 41.3 Å². The lowest BCUT2D eigenvalue weighted by Gasteiger charge is -2.49. The Morgan fingerprint density at radius 1 is 1.05 bits per heavy atom. The van der Waals surface area contributed by atoms with Crippen LogP contribution in [0.3, 0.4) is 0 Å². The van der Waals surface area contributed by atoms with Crippen LogP contribution < -0.4 is 5.32 Å². The van der Waals surface area contributed by atoms with Gasteiger partial charge in [0.15, 0.2) is 9.84 Å². The van der Waals surface area contributed by atoms with E-state index < -0.39 is 27.1 Å². The highest BCUT2D eigenvalue weighted by molar-refractivity contribution is 7.91. The number of halogens is 3. The van der Waals surface area contributed by atoms with Gasteiger partial charge in [0.1, 0.15) is 0 Å². The molecular weight excluding hydrogens is 501 g/mol. The van der Waals surface area contributed by atoms with Crippen molar-refractivity contribution < 1.29 is 26.4 Å². The van der Waals surface area contributed by atoms with Crippen LogP contribution in [0.25, 0.3) is 5.57 Å². The van der Waals surface area contributed by atoms with Crippen molar-refractivity contribution in [2.75, 3.05) is 12.3 Å². The molecule has 1 aliphatic heterocycles. The van der Waals surface area contributed by atoms with Crippen molar-refractivity contribution in [1.29, 1.82) is 0 Å². The lowest BCUT2D eigenvalue weighted by Crippen LogP contribution is -2.59. The number of sulfone groups is 1. The van der Waals surface area contributed by atoms with Gasteiger partial charge in [-0.25, -0.2) is 8.42 Å². The number of carbonyl (C=O) groups is 1. The summed E-state index contributed by atoms with van der Waals surface area (Å²) in [6.45, 7) is 4.39. The fourth-order valence-corrected chi connectivity index (χ4v) is 7.48. The molecule has 1 saturated carbocycles. The number of nitrogens with one attached hydrogen (secondary N) is 1. The van der Waals surface area contributed by atoms with Crippen molar-refractivity contribution in [1.82, 2.24) is 10.2 Å². The van der Waals surface area contributed by atoms with Crippen LogP contribution in [0.1, 0.15) is 57.1 Å². The van der Waals surface area contributed by atoms with Crippen molar-refractivity contribution in [3.63, 3.8) is 0 Å². The van der Waals surface area contributed by atoms with Crippen LogP contribution in [0, 0.1) is 0 Å². The lowest BCUT2D eigenvalue weighted by molar-refractivity contribution is -0.137. The van der Waals surface area contributed by atoms with Crippen LogP contribution in [-0.4, -0.2) is 49.1 Å². The summed E-state index contributed by atoms with van der Waals surface area (Å²) in [5, 5.41) is 3.52. The average molecular weight is 535 g/mol. The minimum atomic E-state index is -4.47. The number of carbonyl (C=O) groups excluding carboxylic acids is 1. The van der Waals surface area contributed by atoms with E-state index in [9.17, 15) is 26.4 Å². The molecule has 4 rings (SSSR count). The van der Waals surface area contributed by atoms with Crippen molar-refractivity contribution in [2.24, 2.45) is 0 Å². The summed E-state index contributed by atoms with van der Waals surface area (Å²) in [5.74, 6) is -0.533. The maximum atomic E-state index is 13.5. The van der Waals surface area contributed by atoms with Crippen LogP contribution in [0.5, 0.6) is 0 Å². The minimum Gasteiger partial charge on any atom is -0.332 e. The van der Waals surface area contributed by atoms with Crippen LogP contribution in [0.2, 0.25) is 0 Å². The van der Waals surface area contributed by atoms with E-state index in [-0.39, 0.29) is 29.1 Å². The van der Waals surface area contributed by atoms with E-state index in [0.717, 1.165) is 25.0 Å². The quantitative estimate of drug-likeness (QED) is 0.511. The molecule has 1 amide bonds. The molecule has 9 heteroatoms. The molecule has 0 aromatic heterocycles. The molecule has 2 aliphatic rings. The largest absolute Gasteiger partial charge is 0.416 e. The second-order valence-electron chi connectivity index (χ2n) is 10.4. The third kappa shape index (κ3) is 6.26. The standard InChI is InChI=1S/C28H33F3N2O3S/c1-20(2)32-24-11-14-27(15-12-24,19-37(35,36)25-9-4-3-5-10-25)33-16-13-22(18-26(33)34)21-7-6-8-23(17-21)28(29,30)31/h3-10,17-18,20,24,32H,11-16,19H2,1-2H3. The molecule has 0 atom stereocenters. The fraction of sp³-hybridized carbons (Fsp3) is 0.464. The SMILES string of the molecule is CC(C)NC1CCC(CS(=O)(=O)c2ccccc2)(N2CCC(c3cccc(C(F)(F)F)c3)=CC2=O)CC1. The van der Waals surface area contributed by atoms with Crippen LogP contribution in [-0.2, 0) is 20.8 Å². The Morgan fingerprint density at radius 2 is 1.73 bits per heavy atom. The molecule has 0 saturated heterocycles. The zero-order valence-electron chi connectivity index (χ0n) is 21.1. The van der Waals surface area contributed by atoms with Gasteiger partial charge in [-0.2, -0.15) is 13.2 Å². The first-order chi connectivity index (χ1) is 17.4. The first-order valence-corrected chi connectivity index (χ1v) is 14.3. The highest BCUT2D eigenvalue weighted by atomic mass is 32.2. The summed E-state index contributed by atoms with van der Waals surface area (Å²) in [6, 6.07) is 13.8. The highest BCUT2D eigenvalue weighted by Crippen LogP contribution is 2.40. The van der Waals surface area contributed by atoms with E-state index in [2.05, 4.69) is 19.2 Å². The third-order valence-electron chi connectivity index (χ3n) is 7.35. The van der Waals surface area contributed by atoms with Crippen LogP contribution >= 0.6 is 0 Å². The Bertz CT molecular complexity index is 1250. The Labute approximate surface area is 216 Å². The van der Waals surface area contributed by atoms with Gasteiger partial charge < -0.3 is 10.2 Å². The number of nitrogens with zero attached hydrogens (tertiary/aromatic N) is 1. The van der Waals surface area contributed by atoms with Crippen LogP contribution in [0.15, 0.2) is 65.6 Å². The van der Waals surface area contributed by atoms with Gasteiger partial charge in [0, 0.05) is 24.7 Å². The molecule has 0 bridgehead atoms. The first kappa shape index (κ1) is 27.4. The first-order valence-electron chi connectivity index (χ1n) is 12.6. The van der Waals surface area contributed by atoms with Gasteiger partial charge in [-0.1, -0.05) is 44.2 Å². The van der Waals surface area contributed by atoms with Gasteiger partial charge in [-0.3, -0.25) is 4.79 Å². The second kappa shape index (κ2) is 10.6. The van der Waals surface area contributed by atoms with Gasteiger partial charge >= 0.3 is 6.18 Å². The van der Waals surface area contributed by atoms with E-state index in [4.69, 9.17) is 0 Å². The summed E-state index contributed by atoms with van der Waals surface area (Å²) < 4.78 is 66.6. The number of benzene rings is 2. The number of rotatable bonds is 7. The predicted octanol–water partition coefficient (Wildman–Crippen LogP) is 5.47. The zero-order valence-corrected chi connectivity index (χ0v) is 21.9. The summed E-state index contributed by atoms with van der Waals surface area (Å²) in [7, 11) is -3.68. The molecular formula is C28H33F3N2O3S. The van der Waals surface area contributed by atoms with Gasteiger partial charge in [0.25, 0.3) is 0 Å². The summed E-state index contributed by atoms with van der Waals surface area (Å²) in [6.07, 6.45) is -0.210. The molecule has 0 spiro atoms. The third-order valence-corrected chi connectivity index (χ3v) is 9.26. The molecule has 200 valence electrons. The summed E-state index contributed by atoms with van der Waals surface area (Å²) >= 11 is 0. The Morgan fingerprint density at radius 3 is 2.32 bits per heavy atom. The molecule has 2 aromatic carbocycles. The minimum absolute atomic E-state index is 0.184. The molecule has 1 aliphatic carbocycles. The topological polar surface area (TPSA) is 66.5 Å². The van der Waals surface area contributed by atoms with E-state index >= 15 is 0 Å². The van der Waals surface area contributed by atoms with Crippen molar-refractivity contribution in [3.8, 4) is 0 Å². The van der Waals surface area contributed by atoms with Crippen molar-refractivity contribution >= 4 is 21.3 Å². The van der Waals surface area contributed by atoms with Gasteiger partial charge in [0.2, 0.25) is 5.91 Å². The van der Waals surface area contributed by atoms with E-state index in [1.165, 1.54) is 12.1 Å². The van der Waals surface area contributed by atoms with Crippen LogP contribution in [0.4, 0.5) is 13.2 Å². The molecule has 1 fully saturated rings. The van der Waals surface area contributed by atoms with Gasteiger partial charge in [0.05, 0.1) is 21.8 Å². The van der Waals surface area contributed by atoms with E-state index in [0.29, 0.717) is 36.4 Å². The maximum absolute atomic E-state index is 13.5. The smallest absolute Gasteiger partial charge is 0.332 e. The zero-order chi connectivity index (χ0) is 26.8. The Hall–Kier alpha value is -2.65. The molecule has 0 radical (unpaired) electrons. The number of hydrogen-bond donors (Lipinski definition) is 1. The normalized spacial score (nSPS) is 23.3. The summed E-state index contributed by atoms with van der Waals surface area (Å²) in [5.41, 5.74) is -0.749. The maximum Gasteiger partial charge on any atom is 0.416 e. The highest BCUT2D eigenvalue weighted by Gasteiger charge is 2.46. The number of hydrogen-bond acceptors (Lipinski definition) is 4. The lowest BCUT2D eigenvalue weighted by atomic mass is 9.78. The molecule has 1 heterocycles. The monoisotopic (exact) mass is 534 g/mol. The average Bonchev–Trinajstić information content (AvgIpc) is 2.85. The number of alkyl halides is 3. The fourth-order valence-electron chi connectivity index (χ4n) is 5.59. The predicted molar refractivity (Wildman–Crippen MR) is 138 cm³/mol. The van der Waals surface area contributed by atoms with Crippen molar-refractivity contribution in [3.05, 3.63) is 71.8 Å². The molecule has 37 heavy (non-hydrogen) atoms. The molecule has 0 unspecified atom stereocenters. The van der Waals surface area contributed by atoms with Gasteiger partial charge in [-0.15, -0.1) is 0 Å². The molecule has 1 N–H and O–H groups in total. The molecule has 2 aromatic rings. The van der Waals surface area contributed by atoms with Gasteiger partial charge in [-0.05, 0) is 67.5 Å². The Kier molecular flexibility index (Phi) is 7.85. The second-order valence-corrected chi connectivity index (χ2v) is 12.4. The van der Waals surface area contributed by atoms with E-state index in [1.807, 2.05) is 0 Å². The Balaban J connectivity index is 1.63. The summed E-state index contributed by atoms with van der Waals surface area (Å²) in [4.78, 5) is 15.3. The number of amides is 1.